The van der Waals surface area contributed by atoms with Gasteiger partial charge in [-0.15, -0.1) is 0 Å². The number of nitrogens with zero attached hydrogens (tertiary/aromatic N) is 4. The Hall–Kier alpha value is -5.38. The summed E-state index contributed by atoms with van der Waals surface area (Å²) < 4.78 is 0. The topological polar surface area (TPSA) is 144 Å². The van der Waals surface area contributed by atoms with Crippen LogP contribution in [-0.4, -0.2) is 24.9 Å². The lowest BCUT2D eigenvalue weighted by molar-refractivity contribution is -0.385. The summed E-state index contributed by atoms with van der Waals surface area (Å²) in [5.74, 6) is 0.226. The van der Waals surface area contributed by atoms with E-state index < -0.39 is 9.85 Å². The lowest BCUT2D eigenvalue weighted by Crippen LogP contribution is -2.00. The Morgan fingerprint density at radius 3 is 1.72 bits per heavy atom. The molecule has 1 heterocycles. The third kappa shape index (κ3) is 6.14. The van der Waals surface area contributed by atoms with Gasteiger partial charge in [0.2, 0.25) is 5.95 Å². The van der Waals surface area contributed by atoms with Gasteiger partial charge in [0.15, 0.2) is 0 Å². The number of phenolic OH excluding ortho intramolecular Hbond substituents is 1. The van der Waals surface area contributed by atoms with E-state index in [4.69, 9.17) is 0 Å². The Morgan fingerprint density at radius 1 is 0.694 bits per heavy atom. The van der Waals surface area contributed by atoms with Crippen LogP contribution in [-0.2, 0) is 0 Å². The first kappa shape index (κ1) is 23.8. The van der Waals surface area contributed by atoms with Gasteiger partial charge in [0, 0.05) is 24.3 Å². The fraction of sp³-hybridized carbons (Fsp3) is 0. The molecule has 1 aromatic heterocycles. The van der Waals surface area contributed by atoms with E-state index in [0.29, 0.717) is 28.2 Å². The molecule has 0 saturated carbocycles. The van der Waals surface area contributed by atoms with Gasteiger partial charge in [0.1, 0.15) is 5.75 Å². The van der Waals surface area contributed by atoms with Crippen LogP contribution >= 0.6 is 0 Å². The summed E-state index contributed by atoms with van der Waals surface area (Å²) in [6, 6.07) is 20.7. The van der Waals surface area contributed by atoms with E-state index in [1.54, 1.807) is 72.8 Å². The fourth-order valence-electron chi connectivity index (χ4n) is 3.26. The SMILES string of the molecule is O=[N+]([O-])c1cccc(C=Cc2cc(C=Cc3cccc([N+](=O)[O-])c3)nc(Nc3ccccc3O)n2)c1. The highest BCUT2D eigenvalue weighted by molar-refractivity contribution is 5.74. The number of para-hydroxylation sites is 2. The Morgan fingerprint density at radius 2 is 1.22 bits per heavy atom. The summed E-state index contributed by atoms with van der Waals surface area (Å²) in [6.45, 7) is 0. The number of aromatic nitrogens is 2. The maximum atomic E-state index is 11.1. The molecule has 10 heteroatoms. The third-order valence-corrected chi connectivity index (χ3v) is 4.97. The normalized spacial score (nSPS) is 11.1. The second-order valence-electron chi connectivity index (χ2n) is 7.55. The lowest BCUT2D eigenvalue weighted by atomic mass is 10.1. The van der Waals surface area contributed by atoms with Gasteiger partial charge < -0.3 is 10.4 Å². The predicted octanol–water partition coefficient (Wildman–Crippen LogP) is 6.08. The molecule has 0 fully saturated rings. The maximum absolute atomic E-state index is 11.1. The molecule has 0 atom stereocenters. The number of nitro groups is 2. The average Bonchev–Trinajstić information content (AvgIpc) is 2.88. The molecule has 0 spiro atoms. The van der Waals surface area contributed by atoms with Gasteiger partial charge in [-0.2, -0.15) is 0 Å². The standard InChI is InChI=1S/C26H19N5O5/c32-25-10-2-1-9-24(25)29-26-27-20(13-11-18-5-3-7-22(15-18)30(33)34)17-21(28-26)14-12-19-6-4-8-23(16-19)31(35)36/h1-17,32H,(H,27,28,29). The number of hydrogen-bond donors (Lipinski definition) is 2. The van der Waals surface area contributed by atoms with Crippen LogP contribution in [0.3, 0.4) is 0 Å². The van der Waals surface area contributed by atoms with E-state index in [0.717, 1.165) is 0 Å². The van der Waals surface area contributed by atoms with Gasteiger partial charge in [-0.05, 0) is 41.5 Å². The zero-order valence-corrected chi connectivity index (χ0v) is 18.7. The van der Waals surface area contributed by atoms with Crippen LogP contribution in [0, 0.1) is 20.2 Å². The summed E-state index contributed by atoms with van der Waals surface area (Å²) in [6.07, 6.45) is 6.74. The van der Waals surface area contributed by atoms with Crippen molar-refractivity contribution in [3.8, 4) is 5.75 Å². The molecule has 0 radical (unpaired) electrons. The summed E-state index contributed by atoms with van der Waals surface area (Å²) in [4.78, 5) is 30.1. The number of hydrogen-bond acceptors (Lipinski definition) is 8. The number of rotatable bonds is 8. The number of aromatic hydroxyl groups is 1. The van der Waals surface area contributed by atoms with Gasteiger partial charge in [0.05, 0.1) is 26.9 Å². The molecule has 0 saturated heterocycles. The summed E-state index contributed by atoms with van der Waals surface area (Å²) in [7, 11) is 0. The van der Waals surface area contributed by atoms with Gasteiger partial charge in [-0.1, -0.05) is 48.6 Å². The molecule has 4 aromatic rings. The van der Waals surface area contributed by atoms with Crippen molar-refractivity contribution < 1.29 is 15.0 Å². The third-order valence-electron chi connectivity index (χ3n) is 4.97. The summed E-state index contributed by atoms with van der Waals surface area (Å²) in [5, 5.41) is 35.2. The van der Waals surface area contributed by atoms with Crippen molar-refractivity contribution in [2.75, 3.05) is 5.32 Å². The van der Waals surface area contributed by atoms with Gasteiger partial charge in [-0.3, -0.25) is 20.2 Å². The van der Waals surface area contributed by atoms with Gasteiger partial charge in [0.25, 0.3) is 11.4 Å². The molecule has 0 aliphatic rings. The largest absolute Gasteiger partial charge is 0.506 e. The van der Waals surface area contributed by atoms with Crippen molar-refractivity contribution in [3.63, 3.8) is 0 Å². The number of phenols is 1. The summed E-state index contributed by atoms with van der Waals surface area (Å²) in [5.41, 5.74) is 2.58. The van der Waals surface area contributed by atoms with Crippen LogP contribution in [0.15, 0.2) is 78.9 Å². The first-order chi connectivity index (χ1) is 17.4. The molecule has 0 bridgehead atoms. The Kier molecular flexibility index (Phi) is 7.06. The highest BCUT2D eigenvalue weighted by Crippen LogP contribution is 2.25. The van der Waals surface area contributed by atoms with Crippen molar-refractivity contribution in [2.24, 2.45) is 0 Å². The van der Waals surface area contributed by atoms with Gasteiger partial charge in [-0.25, -0.2) is 9.97 Å². The van der Waals surface area contributed by atoms with E-state index in [1.807, 2.05) is 0 Å². The van der Waals surface area contributed by atoms with Gasteiger partial charge >= 0.3 is 0 Å². The maximum Gasteiger partial charge on any atom is 0.270 e. The first-order valence-electron chi connectivity index (χ1n) is 10.7. The van der Waals surface area contributed by atoms with Crippen LogP contribution < -0.4 is 5.32 Å². The van der Waals surface area contributed by atoms with E-state index in [1.165, 1.54) is 30.3 Å². The Labute approximate surface area is 205 Å². The first-order valence-corrected chi connectivity index (χ1v) is 10.7. The Bertz CT molecular complexity index is 1410. The molecule has 4 rings (SSSR count). The van der Waals surface area contributed by atoms with E-state index in [2.05, 4.69) is 15.3 Å². The fourth-order valence-corrected chi connectivity index (χ4v) is 3.26. The van der Waals surface area contributed by atoms with Crippen LogP contribution in [0.4, 0.5) is 23.0 Å². The van der Waals surface area contributed by atoms with Crippen LogP contribution in [0.5, 0.6) is 5.75 Å². The zero-order chi connectivity index (χ0) is 25.5. The second-order valence-corrected chi connectivity index (χ2v) is 7.55. The van der Waals surface area contributed by atoms with Crippen molar-refractivity contribution in [1.82, 2.24) is 9.97 Å². The molecule has 0 unspecified atom stereocenters. The van der Waals surface area contributed by atoms with Crippen molar-refractivity contribution in [1.29, 1.82) is 0 Å². The lowest BCUT2D eigenvalue weighted by Gasteiger charge is -2.08. The van der Waals surface area contributed by atoms with Crippen LogP contribution in [0.25, 0.3) is 24.3 Å². The second kappa shape index (κ2) is 10.7. The van der Waals surface area contributed by atoms with Crippen molar-refractivity contribution >= 4 is 47.3 Å². The molecule has 0 aliphatic carbocycles. The minimum absolute atomic E-state index is 0.0207. The minimum Gasteiger partial charge on any atom is -0.506 e. The van der Waals surface area contributed by atoms with E-state index in [-0.39, 0.29) is 23.1 Å². The highest BCUT2D eigenvalue weighted by Gasteiger charge is 2.08. The van der Waals surface area contributed by atoms with Crippen LogP contribution in [0.1, 0.15) is 22.5 Å². The molecule has 3 aromatic carbocycles. The average molecular weight is 481 g/mol. The smallest absolute Gasteiger partial charge is 0.270 e. The quantitative estimate of drug-likeness (QED) is 0.175. The number of nitro benzene ring substituents is 2. The molecular formula is C26H19N5O5. The van der Waals surface area contributed by atoms with Crippen LogP contribution in [0.2, 0.25) is 0 Å². The molecule has 0 amide bonds. The predicted molar refractivity (Wildman–Crippen MR) is 137 cm³/mol. The number of benzene rings is 3. The molecule has 10 nitrogen and oxygen atoms in total. The highest BCUT2D eigenvalue weighted by atomic mass is 16.6. The summed E-state index contributed by atoms with van der Waals surface area (Å²) >= 11 is 0. The zero-order valence-electron chi connectivity index (χ0n) is 18.7. The molecule has 2 N–H and O–H groups in total. The number of nitrogens with one attached hydrogen (secondary N) is 1. The van der Waals surface area contributed by atoms with E-state index in [9.17, 15) is 25.3 Å². The molecular weight excluding hydrogens is 462 g/mol. The number of non-ortho nitro benzene ring substituents is 2. The van der Waals surface area contributed by atoms with E-state index >= 15 is 0 Å². The Balaban J connectivity index is 1.68. The monoisotopic (exact) mass is 481 g/mol. The minimum atomic E-state index is -0.465. The van der Waals surface area contributed by atoms with Crippen molar-refractivity contribution in [3.05, 3.63) is 122 Å². The number of anilines is 2. The molecule has 0 aliphatic heterocycles. The molecule has 178 valence electrons. The van der Waals surface area contributed by atoms with Crippen molar-refractivity contribution in [2.45, 2.75) is 0 Å². The molecule has 36 heavy (non-hydrogen) atoms.